The lowest BCUT2D eigenvalue weighted by atomic mass is 10.3. The van der Waals surface area contributed by atoms with Crippen LogP contribution < -0.4 is 15.5 Å². The average Bonchev–Trinajstić information content (AvgIpc) is 2.41. The summed E-state index contributed by atoms with van der Waals surface area (Å²) < 4.78 is 5.28. The van der Waals surface area contributed by atoms with E-state index in [1.807, 2.05) is 6.07 Å². The van der Waals surface area contributed by atoms with Crippen molar-refractivity contribution in [2.75, 3.05) is 45.7 Å². The number of piperazine rings is 1. The van der Waals surface area contributed by atoms with E-state index in [4.69, 9.17) is 28.6 Å². The molecule has 0 aromatic heterocycles. The van der Waals surface area contributed by atoms with Crippen molar-refractivity contribution in [3.8, 4) is 5.75 Å². The Morgan fingerprint density at radius 1 is 1.30 bits per heavy atom. The van der Waals surface area contributed by atoms with Crippen LogP contribution in [0.25, 0.3) is 0 Å². The molecule has 1 saturated heterocycles. The molecule has 1 fully saturated rings. The minimum Gasteiger partial charge on any atom is -0.495 e. The van der Waals surface area contributed by atoms with Crippen molar-refractivity contribution >= 4 is 34.6 Å². The van der Waals surface area contributed by atoms with Gasteiger partial charge in [-0.2, -0.15) is 0 Å². The van der Waals surface area contributed by atoms with Crippen LogP contribution in [-0.4, -0.2) is 55.4 Å². The molecule has 1 aromatic rings. The second-order valence-corrected chi connectivity index (χ2v) is 5.55. The van der Waals surface area contributed by atoms with Gasteiger partial charge in [0, 0.05) is 31.2 Å². The normalized spacial score (nSPS) is 16.8. The highest BCUT2D eigenvalue weighted by Gasteiger charge is 2.15. The maximum absolute atomic E-state index is 5.99. The molecule has 0 unspecified atom stereocenters. The third-order valence-electron chi connectivity index (χ3n) is 3.17. The van der Waals surface area contributed by atoms with Gasteiger partial charge in [0.1, 0.15) is 5.75 Å². The smallest absolute Gasteiger partial charge is 0.185 e. The SMILES string of the molecule is COc1ccc(Cl)cc1NC(=S)NN1CCN(C)CC1. The number of hydrogen-bond donors (Lipinski definition) is 2. The topological polar surface area (TPSA) is 39.8 Å². The molecular weight excluding hydrogens is 296 g/mol. The summed E-state index contributed by atoms with van der Waals surface area (Å²) in [6.07, 6.45) is 0. The van der Waals surface area contributed by atoms with Crippen molar-refractivity contribution in [3.05, 3.63) is 23.2 Å². The summed E-state index contributed by atoms with van der Waals surface area (Å²) in [6.45, 7) is 3.92. The van der Waals surface area contributed by atoms with Crippen molar-refractivity contribution in [1.29, 1.82) is 0 Å². The largest absolute Gasteiger partial charge is 0.495 e. The van der Waals surface area contributed by atoms with Crippen LogP contribution in [-0.2, 0) is 0 Å². The lowest BCUT2D eigenvalue weighted by Gasteiger charge is -2.33. The van der Waals surface area contributed by atoms with E-state index in [2.05, 4.69) is 27.7 Å². The Kier molecular flexibility index (Phi) is 5.42. The summed E-state index contributed by atoms with van der Waals surface area (Å²) in [5, 5.41) is 6.39. The van der Waals surface area contributed by atoms with E-state index in [0.717, 1.165) is 31.9 Å². The van der Waals surface area contributed by atoms with Crippen LogP contribution in [0.3, 0.4) is 0 Å². The number of halogens is 1. The minimum absolute atomic E-state index is 0.537. The Morgan fingerprint density at radius 3 is 2.65 bits per heavy atom. The molecule has 0 bridgehead atoms. The Labute approximate surface area is 129 Å². The molecule has 2 rings (SSSR count). The number of rotatable bonds is 3. The number of hydrazine groups is 1. The highest BCUT2D eigenvalue weighted by Crippen LogP contribution is 2.27. The van der Waals surface area contributed by atoms with Gasteiger partial charge in [0.15, 0.2) is 5.11 Å². The van der Waals surface area contributed by atoms with E-state index in [9.17, 15) is 0 Å². The molecule has 0 amide bonds. The molecule has 0 saturated carbocycles. The molecule has 1 aliphatic rings. The zero-order valence-electron chi connectivity index (χ0n) is 11.6. The first-order valence-corrected chi connectivity index (χ1v) is 7.22. The van der Waals surface area contributed by atoms with E-state index in [-0.39, 0.29) is 0 Å². The molecule has 0 atom stereocenters. The standard InChI is InChI=1S/C13H19ClN4OS/c1-17-5-7-18(8-6-17)16-13(20)15-11-9-10(14)3-4-12(11)19-2/h3-4,9H,5-8H2,1-2H3,(H2,15,16,20). The summed E-state index contributed by atoms with van der Waals surface area (Å²) in [5.74, 6) is 0.705. The fourth-order valence-electron chi connectivity index (χ4n) is 1.99. The molecule has 5 nitrogen and oxygen atoms in total. The molecule has 0 aliphatic carbocycles. The number of thiocarbonyl (C=S) groups is 1. The van der Waals surface area contributed by atoms with E-state index in [0.29, 0.717) is 15.9 Å². The highest BCUT2D eigenvalue weighted by atomic mass is 35.5. The zero-order valence-corrected chi connectivity index (χ0v) is 13.2. The summed E-state index contributed by atoms with van der Waals surface area (Å²) in [5.41, 5.74) is 3.94. The Balaban J connectivity index is 1.92. The van der Waals surface area contributed by atoms with Gasteiger partial charge in [-0.1, -0.05) is 11.6 Å². The third kappa shape index (κ3) is 4.21. The van der Waals surface area contributed by atoms with E-state index >= 15 is 0 Å². The van der Waals surface area contributed by atoms with Gasteiger partial charge >= 0.3 is 0 Å². The van der Waals surface area contributed by atoms with Crippen LogP contribution in [0.4, 0.5) is 5.69 Å². The molecule has 1 heterocycles. The van der Waals surface area contributed by atoms with Crippen LogP contribution in [0, 0.1) is 0 Å². The minimum atomic E-state index is 0.537. The number of anilines is 1. The lowest BCUT2D eigenvalue weighted by molar-refractivity contribution is 0.131. The van der Waals surface area contributed by atoms with Gasteiger partial charge in [0.2, 0.25) is 0 Å². The molecule has 2 N–H and O–H groups in total. The number of nitrogens with zero attached hydrogens (tertiary/aromatic N) is 2. The van der Waals surface area contributed by atoms with Gasteiger partial charge in [0.25, 0.3) is 0 Å². The Morgan fingerprint density at radius 2 is 2.00 bits per heavy atom. The van der Waals surface area contributed by atoms with Gasteiger partial charge < -0.3 is 15.0 Å². The molecule has 7 heteroatoms. The third-order valence-corrected chi connectivity index (χ3v) is 3.60. The van der Waals surface area contributed by atoms with Crippen LogP contribution in [0.2, 0.25) is 5.02 Å². The number of methoxy groups -OCH3 is 1. The second-order valence-electron chi connectivity index (χ2n) is 4.70. The van der Waals surface area contributed by atoms with Crippen molar-refractivity contribution in [1.82, 2.24) is 15.3 Å². The molecule has 110 valence electrons. The predicted octanol–water partition coefficient (Wildman–Crippen LogP) is 1.80. The van der Waals surface area contributed by atoms with Gasteiger partial charge in [-0.25, -0.2) is 5.01 Å². The quantitative estimate of drug-likeness (QED) is 0.829. The Bertz CT molecular complexity index is 477. The second kappa shape index (κ2) is 7.08. The maximum atomic E-state index is 5.99. The average molecular weight is 315 g/mol. The number of nitrogens with one attached hydrogen (secondary N) is 2. The summed E-state index contributed by atoms with van der Waals surface area (Å²) in [6, 6.07) is 5.38. The first kappa shape index (κ1) is 15.3. The van der Waals surface area contributed by atoms with Crippen molar-refractivity contribution in [2.24, 2.45) is 0 Å². The molecular formula is C13H19ClN4OS. The Hall–Kier alpha value is -1.08. The predicted molar refractivity (Wildman–Crippen MR) is 86.4 cm³/mol. The summed E-state index contributed by atoms with van der Waals surface area (Å²) >= 11 is 11.3. The van der Waals surface area contributed by atoms with Crippen LogP contribution >= 0.6 is 23.8 Å². The van der Waals surface area contributed by atoms with Crippen molar-refractivity contribution < 1.29 is 4.74 Å². The zero-order chi connectivity index (χ0) is 14.5. The van der Waals surface area contributed by atoms with Crippen LogP contribution in [0.5, 0.6) is 5.75 Å². The molecule has 1 aliphatic heterocycles. The van der Waals surface area contributed by atoms with Gasteiger partial charge in [-0.3, -0.25) is 5.43 Å². The number of hydrogen-bond acceptors (Lipinski definition) is 4. The number of benzene rings is 1. The van der Waals surface area contributed by atoms with E-state index in [1.165, 1.54) is 0 Å². The van der Waals surface area contributed by atoms with Crippen molar-refractivity contribution in [2.45, 2.75) is 0 Å². The lowest BCUT2D eigenvalue weighted by Crippen LogP contribution is -2.53. The fraction of sp³-hybridized carbons (Fsp3) is 0.462. The molecule has 0 spiro atoms. The van der Waals surface area contributed by atoms with Crippen LogP contribution in [0.15, 0.2) is 18.2 Å². The number of ether oxygens (including phenoxy) is 1. The maximum Gasteiger partial charge on any atom is 0.185 e. The highest BCUT2D eigenvalue weighted by molar-refractivity contribution is 7.80. The summed E-state index contributed by atoms with van der Waals surface area (Å²) in [7, 11) is 3.73. The van der Waals surface area contributed by atoms with Gasteiger partial charge in [-0.15, -0.1) is 0 Å². The van der Waals surface area contributed by atoms with Gasteiger partial charge in [-0.05, 0) is 37.5 Å². The summed E-state index contributed by atoms with van der Waals surface area (Å²) in [4.78, 5) is 2.29. The fourth-order valence-corrected chi connectivity index (χ4v) is 2.40. The van der Waals surface area contributed by atoms with Crippen LogP contribution in [0.1, 0.15) is 0 Å². The first-order valence-electron chi connectivity index (χ1n) is 6.43. The van der Waals surface area contributed by atoms with Crippen molar-refractivity contribution in [3.63, 3.8) is 0 Å². The number of likely N-dealkylation sites (N-methyl/N-ethyl adjacent to an activating group) is 1. The molecule has 20 heavy (non-hydrogen) atoms. The van der Waals surface area contributed by atoms with Gasteiger partial charge in [0.05, 0.1) is 12.8 Å². The first-order chi connectivity index (χ1) is 9.58. The molecule has 1 aromatic carbocycles. The monoisotopic (exact) mass is 314 g/mol. The molecule has 0 radical (unpaired) electrons. The van der Waals surface area contributed by atoms with E-state index in [1.54, 1.807) is 19.2 Å². The van der Waals surface area contributed by atoms with E-state index < -0.39 is 0 Å².